The van der Waals surface area contributed by atoms with Gasteiger partial charge in [-0.25, -0.2) is 4.39 Å². The monoisotopic (exact) mass is 256 g/mol. The van der Waals surface area contributed by atoms with Crippen LogP contribution in [0.4, 0.5) is 4.39 Å². The van der Waals surface area contributed by atoms with Crippen molar-refractivity contribution < 1.29 is 9.18 Å². The van der Waals surface area contributed by atoms with Gasteiger partial charge in [-0.1, -0.05) is 11.6 Å². The second-order valence-corrected chi connectivity index (χ2v) is 4.60. The lowest BCUT2D eigenvalue weighted by Crippen LogP contribution is -2.53. The molecule has 92 valence electrons. The molecule has 0 saturated carbocycles. The predicted octanol–water partition coefficient (Wildman–Crippen LogP) is 1.57. The van der Waals surface area contributed by atoms with Crippen LogP contribution >= 0.6 is 11.6 Å². The SMILES string of the molecule is CN1CCNCC1C(=O)c1ccc(F)c(Cl)c1. The molecule has 0 spiro atoms. The molecule has 2 rings (SSSR count). The van der Waals surface area contributed by atoms with E-state index >= 15 is 0 Å². The highest BCUT2D eigenvalue weighted by molar-refractivity contribution is 6.31. The number of nitrogens with zero attached hydrogens (tertiary/aromatic N) is 1. The van der Waals surface area contributed by atoms with Gasteiger partial charge in [0.15, 0.2) is 5.78 Å². The third-order valence-corrected chi connectivity index (χ3v) is 3.31. The standard InChI is InChI=1S/C12H14ClFN2O/c1-16-5-4-15-7-11(16)12(17)8-2-3-10(14)9(13)6-8/h2-3,6,11,15H,4-5,7H2,1H3. The van der Waals surface area contributed by atoms with Gasteiger partial charge >= 0.3 is 0 Å². The fraction of sp³-hybridized carbons (Fsp3) is 0.417. The highest BCUT2D eigenvalue weighted by Crippen LogP contribution is 2.18. The average molecular weight is 257 g/mol. The van der Waals surface area contributed by atoms with Gasteiger partial charge in [-0.15, -0.1) is 0 Å². The highest BCUT2D eigenvalue weighted by atomic mass is 35.5. The molecule has 1 aromatic rings. The number of rotatable bonds is 2. The van der Waals surface area contributed by atoms with E-state index in [2.05, 4.69) is 5.32 Å². The molecule has 0 aliphatic carbocycles. The zero-order chi connectivity index (χ0) is 12.4. The molecule has 1 aliphatic heterocycles. The summed E-state index contributed by atoms with van der Waals surface area (Å²) in [5.74, 6) is -0.528. The van der Waals surface area contributed by atoms with Crippen molar-refractivity contribution in [3.63, 3.8) is 0 Å². The highest BCUT2D eigenvalue weighted by Gasteiger charge is 2.26. The van der Waals surface area contributed by atoms with Gasteiger partial charge in [-0.3, -0.25) is 9.69 Å². The minimum atomic E-state index is -0.502. The number of halogens is 2. The molecule has 1 saturated heterocycles. The van der Waals surface area contributed by atoms with E-state index in [9.17, 15) is 9.18 Å². The summed E-state index contributed by atoms with van der Waals surface area (Å²) in [7, 11) is 1.91. The van der Waals surface area contributed by atoms with Crippen molar-refractivity contribution in [2.75, 3.05) is 26.7 Å². The van der Waals surface area contributed by atoms with E-state index in [4.69, 9.17) is 11.6 Å². The lowest BCUT2D eigenvalue weighted by Gasteiger charge is -2.31. The first-order valence-corrected chi connectivity index (χ1v) is 5.87. The van der Waals surface area contributed by atoms with Gasteiger partial charge in [0.25, 0.3) is 0 Å². The average Bonchev–Trinajstić information content (AvgIpc) is 2.32. The molecule has 0 bridgehead atoms. The molecule has 1 unspecified atom stereocenters. The topological polar surface area (TPSA) is 32.3 Å². The van der Waals surface area contributed by atoms with E-state index in [-0.39, 0.29) is 16.8 Å². The Hall–Kier alpha value is -0.970. The first-order valence-electron chi connectivity index (χ1n) is 5.50. The fourth-order valence-electron chi connectivity index (χ4n) is 1.94. The largest absolute Gasteiger partial charge is 0.313 e. The summed E-state index contributed by atoms with van der Waals surface area (Å²) in [4.78, 5) is 14.2. The maximum atomic E-state index is 13.0. The third-order valence-electron chi connectivity index (χ3n) is 3.02. The molecule has 1 fully saturated rings. The molecular weight excluding hydrogens is 243 g/mol. The first-order chi connectivity index (χ1) is 8.09. The number of carbonyl (C=O) groups is 1. The fourth-order valence-corrected chi connectivity index (χ4v) is 2.12. The Balaban J connectivity index is 2.21. The van der Waals surface area contributed by atoms with Crippen molar-refractivity contribution in [2.45, 2.75) is 6.04 Å². The van der Waals surface area contributed by atoms with Crippen molar-refractivity contribution in [3.8, 4) is 0 Å². The molecule has 17 heavy (non-hydrogen) atoms. The van der Waals surface area contributed by atoms with Crippen molar-refractivity contribution in [2.24, 2.45) is 0 Å². The summed E-state index contributed by atoms with van der Waals surface area (Å²) in [6, 6.07) is 3.89. The quantitative estimate of drug-likeness (QED) is 0.816. The number of piperazine rings is 1. The summed E-state index contributed by atoms with van der Waals surface area (Å²) in [6.07, 6.45) is 0. The van der Waals surface area contributed by atoms with Crippen LogP contribution in [0.3, 0.4) is 0 Å². The van der Waals surface area contributed by atoms with Crippen LogP contribution in [-0.2, 0) is 0 Å². The second-order valence-electron chi connectivity index (χ2n) is 4.19. The molecule has 0 amide bonds. The van der Waals surface area contributed by atoms with Crippen LogP contribution < -0.4 is 5.32 Å². The third kappa shape index (κ3) is 2.65. The Kier molecular flexibility index (Phi) is 3.76. The van der Waals surface area contributed by atoms with E-state index in [1.807, 2.05) is 11.9 Å². The molecule has 1 heterocycles. The smallest absolute Gasteiger partial charge is 0.181 e. The van der Waals surface area contributed by atoms with Gasteiger partial charge in [-0.2, -0.15) is 0 Å². The Bertz CT molecular complexity index is 439. The van der Waals surface area contributed by atoms with Gasteiger partial charge in [0.1, 0.15) is 5.82 Å². The molecule has 5 heteroatoms. The Labute approximate surface area is 105 Å². The lowest BCUT2D eigenvalue weighted by molar-refractivity contribution is 0.0819. The van der Waals surface area contributed by atoms with Crippen LogP contribution in [-0.4, -0.2) is 43.4 Å². The van der Waals surface area contributed by atoms with Crippen LogP contribution in [0.15, 0.2) is 18.2 Å². The van der Waals surface area contributed by atoms with E-state index < -0.39 is 5.82 Å². The minimum Gasteiger partial charge on any atom is -0.313 e. The summed E-state index contributed by atoms with van der Waals surface area (Å²) < 4.78 is 13.0. The normalized spacial score (nSPS) is 21.5. The Morgan fingerprint density at radius 3 is 3.00 bits per heavy atom. The Morgan fingerprint density at radius 2 is 2.35 bits per heavy atom. The van der Waals surface area contributed by atoms with Gasteiger partial charge in [0.05, 0.1) is 11.1 Å². The number of benzene rings is 1. The number of likely N-dealkylation sites (N-methyl/N-ethyl adjacent to an activating group) is 1. The van der Waals surface area contributed by atoms with E-state index in [1.165, 1.54) is 18.2 Å². The Morgan fingerprint density at radius 1 is 1.59 bits per heavy atom. The predicted molar refractivity (Wildman–Crippen MR) is 65.0 cm³/mol. The minimum absolute atomic E-state index is 0.0118. The van der Waals surface area contributed by atoms with Crippen LogP contribution in [0.1, 0.15) is 10.4 Å². The molecule has 0 radical (unpaired) electrons. The molecule has 0 aromatic heterocycles. The maximum Gasteiger partial charge on any atom is 0.181 e. The summed E-state index contributed by atoms with van der Waals surface area (Å²) >= 11 is 5.68. The van der Waals surface area contributed by atoms with Crippen LogP contribution in [0.5, 0.6) is 0 Å². The number of Topliss-reactive ketones (excluding diaryl/α,β-unsaturated/α-hetero) is 1. The van der Waals surface area contributed by atoms with E-state index in [0.717, 1.165) is 13.1 Å². The van der Waals surface area contributed by atoms with Crippen molar-refractivity contribution >= 4 is 17.4 Å². The summed E-state index contributed by atoms with van der Waals surface area (Å²) in [5.41, 5.74) is 0.456. The lowest BCUT2D eigenvalue weighted by atomic mass is 10.0. The van der Waals surface area contributed by atoms with Crippen molar-refractivity contribution in [1.82, 2.24) is 10.2 Å². The van der Waals surface area contributed by atoms with Gasteiger partial charge < -0.3 is 5.32 Å². The van der Waals surface area contributed by atoms with Crippen molar-refractivity contribution in [1.29, 1.82) is 0 Å². The molecule has 1 atom stereocenters. The summed E-state index contributed by atoms with van der Waals surface area (Å²) in [5, 5.41) is 3.16. The van der Waals surface area contributed by atoms with Gasteiger partial charge in [0.2, 0.25) is 0 Å². The number of hydrogen-bond acceptors (Lipinski definition) is 3. The number of hydrogen-bond donors (Lipinski definition) is 1. The molecular formula is C12H14ClFN2O. The van der Waals surface area contributed by atoms with E-state index in [1.54, 1.807) is 0 Å². The van der Waals surface area contributed by atoms with E-state index in [0.29, 0.717) is 12.1 Å². The van der Waals surface area contributed by atoms with Crippen LogP contribution in [0.2, 0.25) is 5.02 Å². The maximum absolute atomic E-state index is 13.0. The number of carbonyl (C=O) groups excluding carboxylic acids is 1. The van der Waals surface area contributed by atoms with Gasteiger partial charge in [0, 0.05) is 25.2 Å². The zero-order valence-corrected chi connectivity index (χ0v) is 10.3. The summed E-state index contributed by atoms with van der Waals surface area (Å²) in [6.45, 7) is 2.32. The number of ketones is 1. The van der Waals surface area contributed by atoms with Crippen LogP contribution in [0, 0.1) is 5.82 Å². The first kappa shape index (κ1) is 12.5. The van der Waals surface area contributed by atoms with Crippen molar-refractivity contribution in [3.05, 3.63) is 34.6 Å². The van der Waals surface area contributed by atoms with Crippen LogP contribution in [0.25, 0.3) is 0 Å². The molecule has 1 aliphatic rings. The van der Waals surface area contributed by atoms with Gasteiger partial charge in [-0.05, 0) is 25.2 Å². The molecule has 3 nitrogen and oxygen atoms in total. The molecule has 1 aromatic carbocycles. The molecule has 1 N–H and O–H groups in total. The number of nitrogens with one attached hydrogen (secondary N) is 1. The second kappa shape index (κ2) is 5.12. The zero-order valence-electron chi connectivity index (χ0n) is 9.54.